The van der Waals surface area contributed by atoms with E-state index in [9.17, 15) is 0 Å². The maximum absolute atomic E-state index is 2.60. The fourth-order valence-corrected chi connectivity index (χ4v) is 11.4. The summed E-state index contributed by atoms with van der Waals surface area (Å²) in [4.78, 5) is 2.60. The lowest BCUT2D eigenvalue weighted by Gasteiger charge is -2.46. The van der Waals surface area contributed by atoms with Crippen LogP contribution in [-0.4, -0.2) is 0 Å². The molecule has 11 aromatic rings. The van der Waals surface area contributed by atoms with Gasteiger partial charge in [-0.15, -0.1) is 0 Å². The minimum absolute atomic E-state index is 0.682. The number of nitrogens with zero attached hydrogens (tertiary/aromatic N) is 1. The second-order valence-electron chi connectivity index (χ2n) is 17.9. The first-order valence-corrected chi connectivity index (χ1v) is 23.6. The lowest BCUT2D eigenvalue weighted by Crippen LogP contribution is -2.36. The van der Waals surface area contributed by atoms with Gasteiger partial charge in [0.1, 0.15) is 0 Å². The summed E-state index contributed by atoms with van der Waals surface area (Å²) in [5.41, 5.74) is 24.7. The van der Waals surface area contributed by atoms with Crippen molar-refractivity contribution in [2.75, 3.05) is 4.90 Å². The second kappa shape index (κ2) is 16.3. The van der Waals surface area contributed by atoms with E-state index in [-0.39, 0.29) is 0 Å². The molecule has 0 fully saturated rings. The number of fused-ring (bicyclic) bond motifs is 9. The average Bonchev–Trinajstić information content (AvgIpc) is 3.72. The van der Waals surface area contributed by atoms with Gasteiger partial charge in [0.15, 0.2) is 0 Å². The van der Waals surface area contributed by atoms with Gasteiger partial charge in [0.05, 0.1) is 22.5 Å². The van der Waals surface area contributed by atoms with Crippen molar-refractivity contribution < 1.29 is 0 Å². The molecule has 11 aromatic carbocycles. The van der Waals surface area contributed by atoms with Gasteiger partial charge in [-0.05, 0) is 113 Å². The summed E-state index contributed by atoms with van der Waals surface area (Å²) in [6, 6.07) is 101. The normalized spacial score (nSPS) is 12.8. The number of hydrogen-bond donors (Lipinski definition) is 0. The number of para-hydroxylation sites is 1. The zero-order valence-electron chi connectivity index (χ0n) is 37.4. The minimum Gasteiger partial charge on any atom is -0.309 e. The van der Waals surface area contributed by atoms with Crippen LogP contribution in [0.3, 0.4) is 0 Å². The van der Waals surface area contributed by atoms with Gasteiger partial charge in [-0.2, -0.15) is 0 Å². The van der Waals surface area contributed by atoms with Crippen molar-refractivity contribution in [2.45, 2.75) is 5.41 Å². The topological polar surface area (TPSA) is 3.24 Å². The summed E-state index contributed by atoms with van der Waals surface area (Å²) in [6.07, 6.45) is 0. The molecule has 1 heteroatoms. The third-order valence-corrected chi connectivity index (χ3v) is 14.3. The predicted octanol–water partition coefficient (Wildman–Crippen LogP) is 17.8. The maximum Gasteiger partial charge on any atom is 0.0754 e. The van der Waals surface area contributed by atoms with Crippen LogP contribution in [0.25, 0.3) is 77.9 Å². The van der Waals surface area contributed by atoms with Gasteiger partial charge in [0, 0.05) is 11.1 Å². The Labute approximate surface area is 398 Å². The second-order valence-corrected chi connectivity index (χ2v) is 17.9. The van der Waals surface area contributed by atoms with Crippen LogP contribution in [0.4, 0.5) is 17.1 Å². The van der Waals surface area contributed by atoms with Crippen LogP contribution in [0.5, 0.6) is 0 Å². The standard InChI is InChI=1S/C67H45N/c1-5-22-46(23-6-1)52-30-13-15-32-54(52)50-40-42-64-62(44-50)67(60-38-19-17-34-58(60)59-35-18-20-39-61(59)67)63-45-51(55-33-16-14-31-53(55)47-24-7-2-8-25-47)41-43-65(63)68(64)66-56(48-26-9-3-10-27-48)36-21-37-57(66)49-28-11-4-12-29-49/h1-45H. The first kappa shape index (κ1) is 39.6. The molecule has 1 aliphatic carbocycles. The van der Waals surface area contributed by atoms with Gasteiger partial charge >= 0.3 is 0 Å². The highest BCUT2D eigenvalue weighted by atomic mass is 15.2. The van der Waals surface area contributed by atoms with Crippen molar-refractivity contribution in [3.8, 4) is 77.9 Å². The number of benzene rings is 11. The highest BCUT2D eigenvalue weighted by molar-refractivity contribution is 6.04. The van der Waals surface area contributed by atoms with Gasteiger partial charge in [-0.3, -0.25) is 0 Å². The summed E-state index contributed by atoms with van der Waals surface area (Å²) >= 11 is 0. The van der Waals surface area contributed by atoms with E-state index in [2.05, 4.69) is 278 Å². The summed E-state index contributed by atoms with van der Waals surface area (Å²) in [7, 11) is 0. The molecule has 1 spiro atoms. The zero-order chi connectivity index (χ0) is 45.0. The van der Waals surface area contributed by atoms with E-state index >= 15 is 0 Å². The molecule has 0 radical (unpaired) electrons. The van der Waals surface area contributed by atoms with Crippen molar-refractivity contribution >= 4 is 17.1 Å². The summed E-state index contributed by atoms with van der Waals surface area (Å²) < 4.78 is 0. The van der Waals surface area contributed by atoms with Crippen LogP contribution in [0.1, 0.15) is 22.3 Å². The molecule has 0 bridgehead atoms. The molecule has 0 atom stereocenters. The summed E-state index contributed by atoms with van der Waals surface area (Å²) in [6.45, 7) is 0. The van der Waals surface area contributed by atoms with Crippen molar-refractivity contribution in [2.24, 2.45) is 0 Å². The molecule has 13 rings (SSSR count). The van der Waals surface area contributed by atoms with Crippen molar-refractivity contribution in [3.05, 3.63) is 295 Å². The van der Waals surface area contributed by atoms with Gasteiger partial charge < -0.3 is 4.90 Å². The Bertz CT molecular complexity index is 3430. The van der Waals surface area contributed by atoms with Crippen LogP contribution in [0, 0.1) is 0 Å². The lowest BCUT2D eigenvalue weighted by molar-refractivity contribution is 0.753. The van der Waals surface area contributed by atoms with E-state index in [0.29, 0.717) is 0 Å². The molecule has 2 aliphatic rings. The van der Waals surface area contributed by atoms with E-state index in [1.54, 1.807) is 0 Å². The highest BCUT2D eigenvalue weighted by Crippen LogP contribution is 2.65. The fraction of sp³-hybridized carbons (Fsp3) is 0.0149. The Morgan fingerprint density at radius 1 is 0.206 bits per heavy atom. The van der Waals surface area contributed by atoms with E-state index in [4.69, 9.17) is 0 Å². The zero-order valence-corrected chi connectivity index (χ0v) is 37.4. The van der Waals surface area contributed by atoms with E-state index in [1.807, 2.05) is 0 Å². The molecule has 1 aliphatic heterocycles. The largest absolute Gasteiger partial charge is 0.309 e. The summed E-state index contributed by atoms with van der Waals surface area (Å²) in [5.74, 6) is 0. The van der Waals surface area contributed by atoms with Crippen molar-refractivity contribution in [1.29, 1.82) is 0 Å². The molecule has 318 valence electrons. The van der Waals surface area contributed by atoms with E-state index in [1.165, 1.54) is 100 Å². The first-order chi connectivity index (χ1) is 33.8. The van der Waals surface area contributed by atoms with Crippen LogP contribution in [-0.2, 0) is 5.41 Å². The molecular weight excluding hydrogens is 819 g/mol. The monoisotopic (exact) mass is 863 g/mol. The highest BCUT2D eigenvalue weighted by Gasteiger charge is 2.52. The third-order valence-electron chi connectivity index (χ3n) is 14.3. The van der Waals surface area contributed by atoms with E-state index in [0.717, 1.165) is 17.1 Å². The molecule has 0 aromatic heterocycles. The molecular formula is C67H45N. The van der Waals surface area contributed by atoms with Gasteiger partial charge in [0.2, 0.25) is 0 Å². The first-order valence-electron chi connectivity index (χ1n) is 23.6. The molecule has 0 amide bonds. The van der Waals surface area contributed by atoms with Crippen LogP contribution < -0.4 is 4.90 Å². The summed E-state index contributed by atoms with van der Waals surface area (Å²) in [5, 5.41) is 0. The molecule has 0 saturated carbocycles. The van der Waals surface area contributed by atoms with Gasteiger partial charge in [-0.25, -0.2) is 0 Å². The lowest BCUT2D eigenvalue weighted by atomic mass is 9.63. The van der Waals surface area contributed by atoms with E-state index < -0.39 is 5.41 Å². The molecule has 0 N–H and O–H groups in total. The van der Waals surface area contributed by atoms with Crippen LogP contribution in [0.2, 0.25) is 0 Å². The van der Waals surface area contributed by atoms with Crippen LogP contribution >= 0.6 is 0 Å². The SMILES string of the molecule is c1ccc(-c2ccccc2-c2ccc3c(c2)C2(c4ccccc4-c4ccccc42)c2cc(-c4ccccc4-c4ccccc4)ccc2N3c2c(-c3ccccc3)cccc2-c2ccccc2)cc1. The Morgan fingerprint density at radius 3 is 0.882 bits per heavy atom. The quantitative estimate of drug-likeness (QED) is 0.154. The minimum atomic E-state index is -0.682. The van der Waals surface area contributed by atoms with Crippen LogP contribution in [0.15, 0.2) is 273 Å². The van der Waals surface area contributed by atoms with Crippen molar-refractivity contribution in [1.82, 2.24) is 0 Å². The fourth-order valence-electron chi connectivity index (χ4n) is 11.4. The number of anilines is 3. The van der Waals surface area contributed by atoms with Gasteiger partial charge in [-0.1, -0.05) is 249 Å². The molecule has 0 saturated heterocycles. The Morgan fingerprint density at radius 2 is 0.500 bits per heavy atom. The number of hydrogen-bond acceptors (Lipinski definition) is 1. The maximum atomic E-state index is 2.60. The Balaban J connectivity index is 1.19. The molecule has 68 heavy (non-hydrogen) atoms. The predicted molar refractivity (Wildman–Crippen MR) is 285 cm³/mol. The Hall–Kier alpha value is -8.78. The third kappa shape index (κ3) is 6.17. The Kier molecular flexibility index (Phi) is 9.47. The van der Waals surface area contributed by atoms with Crippen molar-refractivity contribution in [3.63, 3.8) is 0 Å². The number of rotatable bonds is 7. The molecule has 1 nitrogen and oxygen atoms in total. The average molecular weight is 864 g/mol. The molecule has 1 heterocycles. The smallest absolute Gasteiger partial charge is 0.0754 e. The molecule has 0 unspecified atom stereocenters. The van der Waals surface area contributed by atoms with Gasteiger partial charge in [0.25, 0.3) is 0 Å².